The van der Waals surface area contributed by atoms with E-state index < -0.39 is 4.92 Å². The summed E-state index contributed by atoms with van der Waals surface area (Å²) >= 11 is 11.6. The number of hydrogen-bond donors (Lipinski definition) is 1. The van der Waals surface area contributed by atoms with Crippen molar-refractivity contribution in [3.8, 4) is 0 Å². The van der Waals surface area contributed by atoms with Crippen molar-refractivity contribution >= 4 is 34.6 Å². The van der Waals surface area contributed by atoms with Crippen molar-refractivity contribution in [3.63, 3.8) is 0 Å². The first-order valence-corrected chi connectivity index (χ1v) is 6.27. The van der Waals surface area contributed by atoms with Crippen LogP contribution in [0.25, 0.3) is 0 Å². The SMILES string of the molecule is CCOCCCNc1cc(Cl)c(Cl)cc1[N+](=O)[O-]. The number of hydrogen-bond acceptors (Lipinski definition) is 4. The zero-order chi connectivity index (χ0) is 13.5. The maximum absolute atomic E-state index is 10.9. The molecule has 7 heteroatoms. The molecule has 5 nitrogen and oxygen atoms in total. The molecule has 0 unspecified atom stereocenters. The van der Waals surface area contributed by atoms with Crippen LogP contribution in [0.5, 0.6) is 0 Å². The third-order valence-corrected chi connectivity index (χ3v) is 2.94. The second-order valence-corrected chi connectivity index (χ2v) is 4.33. The van der Waals surface area contributed by atoms with Gasteiger partial charge < -0.3 is 10.1 Å². The Balaban J connectivity index is 2.68. The van der Waals surface area contributed by atoms with Crippen molar-refractivity contribution in [2.45, 2.75) is 13.3 Å². The molecule has 0 saturated carbocycles. The highest BCUT2D eigenvalue weighted by Crippen LogP contribution is 2.33. The molecule has 0 bridgehead atoms. The highest BCUT2D eigenvalue weighted by atomic mass is 35.5. The molecule has 1 aromatic rings. The number of rotatable bonds is 7. The summed E-state index contributed by atoms with van der Waals surface area (Å²) in [5.74, 6) is 0. The normalized spacial score (nSPS) is 10.4. The lowest BCUT2D eigenvalue weighted by Gasteiger charge is -2.08. The summed E-state index contributed by atoms with van der Waals surface area (Å²) in [6.45, 7) is 3.75. The smallest absolute Gasteiger partial charge is 0.293 e. The average molecular weight is 293 g/mol. The number of ether oxygens (including phenoxy) is 1. The minimum Gasteiger partial charge on any atom is -0.382 e. The molecule has 18 heavy (non-hydrogen) atoms. The summed E-state index contributed by atoms with van der Waals surface area (Å²) in [4.78, 5) is 10.4. The predicted molar refractivity (Wildman–Crippen MR) is 72.7 cm³/mol. The molecule has 0 fully saturated rings. The largest absolute Gasteiger partial charge is 0.382 e. The lowest BCUT2D eigenvalue weighted by molar-refractivity contribution is -0.383. The predicted octanol–water partition coefficient (Wildman–Crippen LogP) is 3.74. The first kappa shape index (κ1) is 15.0. The molecule has 0 aromatic heterocycles. The van der Waals surface area contributed by atoms with Gasteiger partial charge in [-0.05, 0) is 19.4 Å². The van der Waals surface area contributed by atoms with Crippen molar-refractivity contribution < 1.29 is 9.66 Å². The molecular formula is C11H14Cl2N2O3. The third-order valence-electron chi connectivity index (χ3n) is 2.22. The van der Waals surface area contributed by atoms with Crippen LogP contribution in [-0.4, -0.2) is 24.7 Å². The second kappa shape index (κ2) is 7.41. The fourth-order valence-electron chi connectivity index (χ4n) is 1.37. The van der Waals surface area contributed by atoms with Gasteiger partial charge in [0.25, 0.3) is 5.69 Å². The van der Waals surface area contributed by atoms with Gasteiger partial charge in [0.2, 0.25) is 0 Å². The highest BCUT2D eigenvalue weighted by molar-refractivity contribution is 6.42. The number of benzene rings is 1. The van der Waals surface area contributed by atoms with E-state index in [1.807, 2.05) is 6.92 Å². The van der Waals surface area contributed by atoms with E-state index in [9.17, 15) is 10.1 Å². The molecule has 0 atom stereocenters. The van der Waals surface area contributed by atoms with Gasteiger partial charge in [-0.1, -0.05) is 23.2 Å². The van der Waals surface area contributed by atoms with Crippen molar-refractivity contribution in [2.24, 2.45) is 0 Å². The van der Waals surface area contributed by atoms with Crippen LogP contribution in [0.1, 0.15) is 13.3 Å². The van der Waals surface area contributed by atoms with Crippen LogP contribution in [-0.2, 0) is 4.74 Å². The second-order valence-electron chi connectivity index (χ2n) is 3.52. The molecule has 0 aliphatic carbocycles. The molecule has 0 heterocycles. The summed E-state index contributed by atoms with van der Waals surface area (Å²) in [7, 11) is 0. The van der Waals surface area contributed by atoms with Gasteiger partial charge in [-0.3, -0.25) is 10.1 Å². The van der Waals surface area contributed by atoms with E-state index in [1.54, 1.807) is 0 Å². The van der Waals surface area contributed by atoms with Gasteiger partial charge in [-0.2, -0.15) is 0 Å². The number of nitro groups is 1. The molecule has 0 aliphatic rings. The highest BCUT2D eigenvalue weighted by Gasteiger charge is 2.16. The molecule has 0 radical (unpaired) electrons. The maximum Gasteiger partial charge on any atom is 0.293 e. The van der Waals surface area contributed by atoms with E-state index in [1.165, 1.54) is 12.1 Å². The molecule has 0 amide bonds. The van der Waals surface area contributed by atoms with Gasteiger partial charge in [0, 0.05) is 25.8 Å². The van der Waals surface area contributed by atoms with Gasteiger partial charge in [0.05, 0.1) is 15.0 Å². The fraction of sp³-hybridized carbons (Fsp3) is 0.455. The molecule has 0 saturated heterocycles. The van der Waals surface area contributed by atoms with Gasteiger partial charge in [-0.25, -0.2) is 0 Å². The molecule has 1 N–H and O–H groups in total. The minimum absolute atomic E-state index is 0.0826. The van der Waals surface area contributed by atoms with Crippen LogP contribution in [0, 0.1) is 10.1 Å². The minimum atomic E-state index is -0.493. The van der Waals surface area contributed by atoms with Crippen LogP contribution in [0.2, 0.25) is 10.0 Å². The Labute approximate surface area is 115 Å². The van der Waals surface area contributed by atoms with Gasteiger partial charge >= 0.3 is 0 Å². The van der Waals surface area contributed by atoms with Crippen LogP contribution in [0.15, 0.2) is 12.1 Å². The number of anilines is 1. The monoisotopic (exact) mass is 292 g/mol. The number of nitrogens with one attached hydrogen (secondary N) is 1. The van der Waals surface area contributed by atoms with E-state index in [4.69, 9.17) is 27.9 Å². The van der Waals surface area contributed by atoms with E-state index in [2.05, 4.69) is 5.32 Å². The van der Waals surface area contributed by atoms with Crippen LogP contribution in [0.3, 0.4) is 0 Å². The Morgan fingerprint density at radius 2 is 2.06 bits per heavy atom. The lowest BCUT2D eigenvalue weighted by atomic mass is 10.2. The molecule has 0 spiro atoms. The Bertz CT molecular complexity index is 427. The van der Waals surface area contributed by atoms with E-state index in [0.29, 0.717) is 25.4 Å². The summed E-state index contributed by atoms with van der Waals surface area (Å²) in [5.41, 5.74) is 0.284. The van der Waals surface area contributed by atoms with Crippen LogP contribution >= 0.6 is 23.2 Å². The summed E-state index contributed by atoms with van der Waals surface area (Å²) in [5, 5.41) is 14.3. The van der Waals surface area contributed by atoms with Crippen LogP contribution < -0.4 is 5.32 Å². The Kier molecular flexibility index (Phi) is 6.18. The standard InChI is InChI=1S/C11H14Cl2N2O3/c1-2-18-5-3-4-14-10-6-8(12)9(13)7-11(10)15(16)17/h6-7,14H,2-5H2,1H3. The topological polar surface area (TPSA) is 64.4 Å². The summed E-state index contributed by atoms with van der Waals surface area (Å²) in [6.07, 6.45) is 0.755. The first-order chi connectivity index (χ1) is 8.56. The average Bonchev–Trinajstić information content (AvgIpc) is 2.32. The third kappa shape index (κ3) is 4.33. The van der Waals surface area contributed by atoms with Gasteiger partial charge in [0.1, 0.15) is 5.69 Å². The zero-order valence-corrected chi connectivity index (χ0v) is 11.4. The first-order valence-electron chi connectivity index (χ1n) is 5.51. The van der Waals surface area contributed by atoms with E-state index >= 15 is 0 Å². The van der Waals surface area contributed by atoms with Gasteiger partial charge in [0.15, 0.2) is 0 Å². The number of nitro benzene ring substituents is 1. The quantitative estimate of drug-likeness (QED) is 0.472. The van der Waals surface area contributed by atoms with E-state index in [-0.39, 0.29) is 15.7 Å². The van der Waals surface area contributed by atoms with Crippen LogP contribution in [0.4, 0.5) is 11.4 Å². The van der Waals surface area contributed by atoms with E-state index in [0.717, 1.165) is 6.42 Å². The van der Waals surface area contributed by atoms with Crippen molar-refractivity contribution in [2.75, 3.05) is 25.1 Å². The maximum atomic E-state index is 10.9. The number of halogens is 2. The van der Waals surface area contributed by atoms with Crippen molar-refractivity contribution in [1.29, 1.82) is 0 Å². The molecule has 100 valence electrons. The number of nitrogens with zero attached hydrogens (tertiary/aromatic N) is 1. The Morgan fingerprint density at radius 3 is 2.67 bits per heavy atom. The van der Waals surface area contributed by atoms with Gasteiger partial charge in [-0.15, -0.1) is 0 Å². The Hall–Kier alpha value is -1.04. The molecule has 1 aromatic carbocycles. The lowest BCUT2D eigenvalue weighted by Crippen LogP contribution is -2.07. The Morgan fingerprint density at radius 1 is 1.39 bits per heavy atom. The zero-order valence-electron chi connectivity index (χ0n) is 9.91. The molecular weight excluding hydrogens is 279 g/mol. The molecule has 1 rings (SSSR count). The summed E-state index contributed by atoms with van der Waals surface area (Å²) in [6, 6.07) is 2.71. The fourth-order valence-corrected chi connectivity index (χ4v) is 1.69. The summed E-state index contributed by atoms with van der Waals surface area (Å²) < 4.78 is 5.17. The van der Waals surface area contributed by atoms with Crippen molar-refractivity contribution in [3.05, 3.63) is 32.3 Å². The molecule has 0 aliphatic heterocycles. The van der Waals surface area contributed by atoms with Crippen molar-refractivity contribution in [1.82, 2.24) is 0 Å².